The molecule has 0 saturated heterocycles. The Morgan fingerprint density at radius 3 is 2.38 bits per heavy atom. The van der Waals surface area contributed by atoms with E-state index in [1.807, 2.05) is 55.5 Å². The van der Waals surface area contributed by atoms with Crippen molar-refractivity contribution in [2.75, 3.05) is 26.2 Å². The third-order valence-electron chi connectivity index (χ3n) is 8.82. The van der Waals surface area contributed by atoms with Gasteiger partial charge in [-0.05, 0) is 108 Å². The summed E-state index contributed by atoms with van der Waals surface area (Å²) in [5.41, 5.74) is 2.48. The van der Waals surface area contributed by atoms with Crippen molar-refractivity contribution in [3.05, 3.63) is 60.2 Å². The molecule has 0 bridgehead atoms. The average Bonchev–Trinajstić information content (AvgIpc) is 3.09. The van der Waals surface area contributed by atoms with Gasteiger partial charge in [-0.15, -0.1) is 0 Å². The topological polar surface area (TPSA) is 110 Å². The van der Waals surface area contributed by atoms with Crippen molar-refractivity contribution in [3.63, 3.8) is 0 Å². The number of nitrogens with zero attached hydrogens (tertiary/aromatic N) is 2. The van der Waals surface area contributed by atoms with E-state index in [4.69, 9.17) is 14.5 Å². The summed E-state index contributed by atoms with van der Waals surface area (Å²) in [5, 5.41) is 6.60. The van der Waals surface area contributed by atoms with Crippen LogP contribution in [0.2, 0.25) is 0 Å². The van der Waals surface area contributed by atoms with Gasteiger partial charge < -0.3 is 25.0 Å². The van der Waals surface area contributed by atoms with Gasteiger partial charge in [0.25, 0.3) is 5.91 Å². The molecule has 0 spiro atoms. The van der Waals surface area contributed by atoms with Gasteiger partial charge in [0.15, 0.2) is 0 Å². The summed E-state index contributed by atoms with van der Waals surface area (Å²) in [5.74, 6) is -0.550. The second-order valence-corrected chi connectivity index (χ2v) is 12.5. The lowest BCUT2D eigenvalue weighted by Crippen LogP contribution is -2.50. The van der Waals surface area contributed by atoms with Crippen LogP contribution in [0.25, 0.3) is 22.2 Å². The molecule has 47 heavy (non-hydrogen) atoms. The number of carbonyl (C=O) groups is 3. The van der Waals surface area contributed by atoms with E-state index in [-0.39, 0.29) is 18.6 Å². The first-order chi connectivity index (χ1) is 22.8. The van der Waals surface area contributed by atoms with Crippen LogP contribution in [0.15, 0.2) is 54.6 Å². The first-order valence-corrected chi connectivity index (χ1v) is 17.5. The predicted octanol–water partition coefficient (Wildman–Crippen LogP) is 6.68. The van der Waals surface area contributed by atoms with E-state index in [0.29, 0.717) is 28.8 Å². The SMILES string of the molecule is CCCOc1ccc(-c2cc(C(=O)NC(CC(=O)OC3CCCCC3)C(=O)NC(C)CCCN(CC)CC)c3ccccc3n2)cc1. The highest BCUT2D eigenvalue weighted by Crippen LogP contribution is 2.27. The molecule has 0 aliphatic heterocycles. The number of rotatable bonds is 17. The molecule has 3 aromatic rings. The van der Waals surface area contributed by atoms with Gasteiger partial charge in [-0.3, -0.25) is 14.4 Å². The summed E-state index contributed by atoms with van der Waals surface area (Å²) >= 11 is 0. The van der Waals surface area contributed by atoms with Gasteiger partial charge in [-0.25, -0.2) is 4.98 Å². The molecular formula is C38H52N4O5. The van der Waals surface area contributed by atoms with Crippen molar-refractivity contribution in [2.45, 2.75) is 104 Å². The Hall–Kier alpha value is -3.98. The van der Waals surface area contributed by atoms with Crippen LogP contribution in [-0.2, 0) is 14.3 Å². The highest BCUT2D eigenvalue weighted by Gasteiger charge is 2.29. The molecule has 1 saturated carbocycles. The average molecular weight is 645 g/mol. The number of carbonyl (C=O) groups excluding carboxylic acids is 3. The maximum atomic E-state index is 14.0. The summed E-state index contributed by atoms with van der Waals surface area (Å²) in [6, 6.07) is 15.6. The van der Waals surface area contributed by atoms with Crippen molar-refractivity contribution < 1.29 is 23.9 Å². The van der Waals surface area contributed by atoms with Crippen LogP contribution in [0.5, 0.6) is 5.75 Å². The molecule has 1 aliphatic carbocycles. The lowest BCUT2D eigenvalue weighted by atomic mass is 9.98. The summed E-state index contributed by atoms with van der Waals surface area (Å²) in [6.07, 6.45) is 7.10. The summed E-state index contributed by atoms with van der Waals surface area (Å²) in [7, 11) is 0. The lowest BCUT2D eigenvalue weighted by Gasteiger charge is -2.25. The quantitative estimate of drug-likeness (QED) is 0.158. The molecule has 1 fully saturated rings. The minimum Gasteiger partial charge on any atom is -0.494 e. The van der Waals surface area contributed by atoms with Crippen molar-refractivity contribution >= 4 is 28.7 Å². The largest absolute Gasteiger partial charge is 0.494 e. The third-order valence-corrected chi connectivity index (χ3v) is 8.82. The van der Waals surface area contributed by atoms with E-state index in [2.05, 4.69) is 36.3 Å². The number of fused-ring (bicyclic) bond motifs is 1. The van der Waals surface area contributed by atoms with Gasteiger partial charge in [0.05, 0.1) is 29.8 Å². The van der Waals surface area contributed by atoms with Crippen molar-refractivity contribution in [1.29, 1.82) is 0 Å². The minimum absolute atomic E-state index is 0.121. The third kappa shape index (κ3) is 10.8. The van der Waals surface area contributed by atoms with Gasteiger partial charge in [0, 0.05) is 17.0 Å². The van der Waals surface area contributed by atoms with Crippen LogP contribution in [-0.4, -0.2) is 72.1 Å². The molecule has 1 aliphatic rings. The van der Waals surface area contributed by atoms with E-state index >= 15 is 0 Å². The van der Waals surface area contributed by atoms with E-state index in [1.165, 1.54) is 0 Å². The Labute approximate surface area is 279 Å². The molecule has 254 valence electrons. The Bertz CT molecular complexity index is 1450. The molecule has 0 radical (unpaired) electrons. The maximum Gasteiger partial charge on any atom is 0.308 e. The smallest absolute Gasteiger partial charge is 0.308 e. The fraction of sp³-hybridized carbons (Fsp3) is 0.526. The Balaban J connectivity index is 1.54. The Morgan fingerprint density at radius 1 is 0.957 bits per heavy atom. The molecule has 9 nitrogen and oxygen atoms in total. The van der Waals surface area contributed by atoms with Crippen molar-refractivity contribution in [3.8, 4) is 17.0 Å². The van der Waals surface area contributed by atoms with Crippen LogP contribution in [0.3, 0.4) is 0 Å². The minimum atomic E-state index is -1.09. The van der Waals surface area contributed by atoms with Gasteiger partial charge in [0.1, 0.15) is 17.9 Å². The number of esters is 1. The normalized spacial score (nSPS) is 14.8. The van der Waals surface area contributed by atoms with Gasteiger partial charge in [0.2, 0.25) is 5.91 Å². The molecule has 4 rings (SSSR count). The van der Waals surface area contributed by atoms with Gasteiger partial charge in [-0.1, -0.05) is 45.4 Å². The molecule has 2 atom stereocenters. The maximum absolute atomic E-state index is 14.0. The standard InChI is InChI=1S/C38H52N4O5/c1-5-24-46-29-21-19-28(20-22-29)34-25-32(31-17-11-12-18-33(31)40-34)37(44)41-35(26-36(43)47-30-15-9-8-10-16-30)38(45)39-27(4)14-13-23-42(6-2)7-3/h11-12,17-22,25,27,30,35H,5-10,13-16,23-24,26H2,1-4H3,(H,39,45)(H,41,44). The zero-order chi connectivity index (χ0) is 33.6. The molecule has 2 aromatic carbocycles. The second kappa shape index (κ2) is 18.4. The number of para-hydroxylation sites is 1. The number of hydrogen-bond donors (Lipinski definition) is 2. The first kappa shape index (κ1) is 35.9. The molecule has 1 heterocycles. The number of nitrogens with one attached hydrogen (secondary N) is 2. The molecule has 2 N–H and O–H groups in total. The van der Waals surface area contributed by atoms with Crippen LogP contribution < -0.4 is 15.4 Å². The first-order valence-electron chi connectivity index (χ1n) is 17.5. The monoisotopic (exact) mass is 644 g/mol. The molecular weight excluding hydrogens is 592 g/mol. The van der Waals surface area contributed by atoms with E-state index in [0.717, 1.165) is 82.3 Å². The summed E-state index contributed by atoms with van der Waals surface area (Å²) < 4.78 is 11.5. The van der Waals surface area contributed by atoms with Crippen LogP contribution >= 0.6 is 0 Å². The van der Waals surface area contributed by atoms with E-state index in [1.54, 1.807) is 6.07 Å². The highest BCUT2D eigenvalue weighted by molar-refractivity contribution is 6.08. The molecule has 2 unspecified atom stereocenters. The lowest BCUT2D eigenvalue weighted by molar-refractivity contribution is -0.152. The second-order valence-electron chi connectivity index (χ2n) is 12.5. The fourth-order valence-electron chi connectivity index (χ4n) is 6.06. The zero-order valence-corrected chi connectivity index (χ0v) is 28.6. The van der Waals surface area contributed by atoms with E-state index < -0.39 is 23.8 Å². The fourth-order valence-corrected chi connectivity index (χ4v) is 6.06. The number of hydrogen-bond acceptors (Lipinski definition) is 7. The number of benzene rings is 2. The number of aromatic nitrogens is 1. The van der Waals surface area contributed by atoms with Gasteiger partial charge >= 0.3 is 5.97 Å². The zero-order valence-electron chi connectivity index (χ0n) is 28.6. The van der Waals surface area contributed by atoms with Crippen molar-refractivity contribution in [2.24, 2.45) is 0 Å². The molecule has 1 aromatic heterocycles. The van der Waals surface area contributed by atoms with Crippen LogP contribution in [0, 0.1) is 0 Å². The summed E-state index contributed by atoms with van der Waals surface area (Å²) in [4.78, 5) is 47.9. The highest BCUT2D eigenvalue weighted by atomic mass is 16.5. The van der Waals surface area contributed by atoms with Crippen LogP contribution in [0.4, 0.5) is 0 Å². The molecule has 2 amide bonds. The van der Waals surface area contributed by atoms with E-state index in [9.17, 15) is 14.4 Å². The van der Waals surface area contributed by atoms with Crippen LogP contribution in [0.1, 0.15) is 95.8 Å². The van der Waals surface area contributed by atoms with Gasteiger partial charge in [-0.2, -0.15) is 0 Å². The number of ether oxygens (including phenoxy) is 2. The number of amides is 2. The predicted molar refractivity (Wildman–Crippen MR) is 186 cm³/mol. The number of pyridine rings is 1. The Morgan fingerprint density at radius 2 is 1.68 bits per heavy atom. The van der Waals surface area contributed by atoms with Crippen molar-refractivity contribution in [1.82, 2.24) is 20.5 Å². The Kier molecular flexibility index (Phi) is 14.0. The summed E-state index contributed by atoms with van der Waals surface area (Å²) in [6.45, 7) is 11.9. The molecule has 9 heteroatoms.